The average Bonchev–Trinajstić information content (AvgIpc) is 3.01. The highest BCUT2D eigenvalue weighted by atomic mass is 32.2. The number of aliphatic carboxylic acids is 1. The first-order valence-electron chi connectivity index (χ1n) is 7.73. The molecule has 0 atom stereocenters. The predicted octanol–water partition coefficient (Wildman–Crippen LogP) is 1.92. The third-order valence-corrected chi connectivity index (χ3v) is 4.45. The van der Waals surface area contributed by atoms with Crippen LogP contribution < -0.4 is 5.32 Å². The lowest BCUT2D eigenvalue weighted by atomic mass is 10.2. The van der Waals surface area contributed by atoms with E-state index in [9.17, 15) is 14.7 Å². The lowest BCUT2D eigenvalue weighted by molar-refractivity contribution is -0.135. The van der Waals surface area contributed by atoms with Crippen LogP contribution in [0.4, 0.5) is 0 Å². The van der Waals surface area contributed by atoms with E-state index in [0.29, 0.717) is 5.03 Å². The molecule has 2 aromatic heterocycles. The van der Waals surface area contributed by atoms with Gasteiger partial charge in [-0.2, -0.15) is 5.10 Å². The molecule has 0 unspecified atom stereocenters. The molecular formula is C15H20N4O4S. The van der Waals surface area contributed by atoms with Crippen molar-refractivity contribution >= 4 is 29.3 Å². The van der Waals surface area contributed by atoms with Gasteiger partial charge in [-0.15, -0.1) is 11.8 Å². The molecule has 1 amide bonds. The maximum absolute atomic E-state index is 12.1. The van der Waals surface area contributed by atoms with Crippen LogP contribution in [0.15, 0.2) is 17.4 Å². The van der Waals surface area contributed by atoms with Crippen LogP contribution in [0, 0.1) is 0 Å². The number of carboxylic acid groups (broad SMARTS) is 1. The van der Waals surface area contributed by atoms with E-state index in [0.717, 1.165) is 18.6 Å². The van der Waals surface area contributed by atoms with Crippen molar-refractivity contribution < 1.29 is 19.8 Å². The molecule has 0 radical (unpaired) electrons. The molecule has 0 aliphatic heterocycles. The van der Waals surface area contributed by atoms with Crippen molar-refractivity contribution in [1.82, 2.24) is 19.9 Å². The van der Waals surface area contributed by atoms with Gasteiger partial charge in [0.15, 0.2) is 5.65 Å². The van der Waals surface area contributed by atoms with E-state index in [1.165, 1.54) is 41.5 Å². The molecule has 24 heavy (non-hydrogen) atoms. The maximum atomic E-state index is 12.1. The van der Waals surface area contributed by atoms with Crippen molar-refractivity contribution in [3.05, 3.63) is 18.0 Å². The quantitative estimate of drug-likeness (QED) is 0.466. The Kier molecular flexibility index (Phi) is 6.42. The Balaban J connectivity index is 2.19. The highest BCUT2D eigenvalue weighted by Crippen LogP contribution is 2.29. The molecule has 0 fully saturated rings. The second-order valence-corrected chi connectivity index (χ2v) is 6.34. The molecule has 9 heteroatoms. The number of hydrogen-bond acceptors (Lipinski definition) is 6. The molecule has 0 aromatic carbocycles. The van der Waals surface area contributed by atoms with E-state index in [1.54, 1.807) is 0 Å². The molecule has 2 aromatic rings. The molecule has 8 nitrogen and oxygen atoms in total. The molecule has 2 heterocycles. The first-order chi connectivity index (χ1) is 11.5. The molecule has 0 aliphatic rings. The second-order valence-electron chi connectivity index (χ2n) is 5.22. The van der Waals surface area contributed by atoms with Crippen LogP contribution in [0.5, 0.6) is 5.75 Å². The Morgan fingerprint density at radius 2 is 2.12 bits per heavy atom. The number of aromatic hydroxyl groups is 1. The lowest BCUT2D eigenvalue weighted by Gasteiger charge is -2.10. The monoisotopic (exact) mass is 352 g/mol. The molecule has 130 valence electrons. The number of pyridine rings is 1. The fourth-order valence-electron chi connectivity index (χ4n) is 2.21. The van der Waals surface area contributed by atoms with Gasteiger partial charge in [-0.1, -0.05) is 26.2 Å². The average molecular weight is 352 g/mol. The van der Waals surface area contributed by atoms with Crippen molar-refractivity contribution in [2.45, 2.75) is 37.6 Å². The Morgan fingerprint density at radius 3 is 2.83 bits per heavy atom. The van der Waals surface area contributed by atoms with Crippen molar-refractivity contribution in [3.8, 4) is 5.75 Å². The summed E-state index contributed by atoms with van der Waals surface area (Å²) in [4.78, 5) is 26.7. The summed E-state index contributed by atoms with van der Waals surface area (Å²) in [6.45, 7) is 1.62. The number of thioether (sulfide) groups is 1. The number of nitrogens with zero attached hydrogens (tertiary/aromatic N) is 3. The summed E-state index contributed by atoms with van der Waals surface area (Å²) >= 11 is 1.53. The minimum absolute atomic E-state index is 0.0796. The van der Waals surface area contributed by atoms with Crippen LogP contribution in [-0.2, 0) is 4.79 Å². The van der Waals surface area contributed by atoms with E-state index < -0.39 is 18.4 Å². The van der Waals surface area contributed by atoms with E-state index in [-0.39, 0.29) is 17.0 Å². The Morgan fingerprint density at radius 1 is 1.33 bits per heavy atom. The SMILES string of the molecule is CCCCCCSc1cc(O)c(C(=O)NCC(=O)O)c2ncnn12. The predicted molar refractivity (Wildman–Crippen MR) is 89.5 cm³/mol. The number of amides is 1. The van der Waals surface area contributed by atoms with E-state index in [4.69, 9.17) is 5.11 Å². The molecular weight excluding hydrogens is 332 g/mol. The van der Waals surface area contributed by atoms with Crippen LogP contribution in [-0.4, -0.2) is 49.0 Å². The highest BCUT2D eigenvalue weighted by molar-refractivity contribution is 7.99. The van der Waals surface area contributed by atoms with Crippen LogP contribution in [0.25, 0.3) is 5.65 Å². The summed E-state index contributed by atoms with van der Waals surface area (Å²) in [7, 11) is 0. The van der Waals surface area contributed by atoms with Gasteiger partial charge in [0.25, 0.3) is 5.91 Å². The maximum Gasteiger partial charge on any atom is 0.322 e. The van der Waals surface area contributed by atoms with E-state index in [1.807, 2.05) is 0 Å². The number of carbonyl (C=O) groups excluding carboxylic acids is 1. The molecule has 0 bridgehead atoms. The summed E-state index contributed by atoms with van der Waals surface area (Å²) in [6, 6.07) is 1.46. The zero-order chi connectivity index (χ0) is 17.5. The number of fused-ring (bicyclic) bond motifs is 1. The van der Waals surface area contributed by atoms with Crippen molar-refractivity contribution in [2.75, 3.05) is 12.3 Å². The number of unbranched alkanes of at least 4 members (excludes halogenated alkanes) is 3. The topological polar surface area (TPSA) is 117 Å². The number of carbonyl (C=O) groups is 2. The summed E-state index contributed by atoms with van der Waals surface area (Å²) in [5.41, 5.74) is 0.123. The van der Waals surface area contributed by atoms with Crippen LogP contribution in [0.3, 0.4) is 0 Å². The second kappa shape index (κ2) is 8.53. The van der Waals surface area contributed by atoms with Gasteiger partial charge in [-0.3, -0.25) is 9.59 Å². The fourth-order valence-corrected chi connectivity index (χ4v) is 3.22. The zero-order valence-corrected chi connectivity index (χ0v) is 14.2. The minimum atomic E-state index is -1.17. The van der Waals surface area contributed by atoms with Crippen molar-refractivity contribution in [1.29, 1.82) is 0 Å². The molecule has 0 saturated heterocycles. The summed E-state index contributed by atoms with van der Waals surface area (Å²) in [5.74, 6) is -1.24. The molecule has 3 N–H and O–H groups in total. The van der Waals surface area contributed by atoms with Gasteiger partial charge in [0.1, 0.15) is 29.2 Å². The van der Waals surface area contributed by atoms with Gasteiger partial charge in [0, 0.05) is 6.07 Å². The number of rotatable bonds is 9. The number of hydrogen-bond donors (Lipinski definition) is 3. The standard InChI is InChI=1S/C15H20N4O4S/c1-2-3-4-5-6-24-11-7-10(20)13(14-17-9-18-19(11)14)15(23)16-8-12(21)22/h7,9,20H,2-6,8H2,1H3,(H,16,23)(H,21,22). The Labute approximate surface area is 143 Å². The molecule has 0 saturated carbocycles. The van der Waals surface area contributed by atoms with Crippen LogP contribution in [0.1, 0.15) is 43.0 Å². The van der Waals surface area contributed by atoms with Gasteiger partial charge in [0.2, 0.25) is 0 Å². The van der Waals surface area contributed by atoms with E-state index in [2.05, 4.69) is 22.3 Å². The number of carboxylic acids is 1. The van der Waals surface area contributed by atoms with Gasteiger partial charge in [-0.25, -0.2) is 9.50 Å². The largest absolute Gasteiger partial charge is 0.507 e. The third kappa shape index (κ3) is 4.38. The normalized spacial score (nSPS) is 10.9. The van der Waals surface area contributed by atoms with Crippen molar-refractivity contribution in [2.24, 2.45) is 0 Å². The zero-order valence-electron chi connectivity index (χ0n) is 13.4. The first-order valence-corrected chi connectivity index (χ1v) is 8.71. The number of nitrogens with one attached hydrogen (secondary N) is 1. The molecule has 0 spiro atoms. The van der Waals surface area contributed by atoms with Gasteiger partial charge < -0.3 is 15.5 Å². The molecule has 2 rings (SSSR count). The van der Waals surface area contributed by atoms with Crippen LogP contribution in [0.2, 0.25) is 0 Å². The summed E-state index contributed by atoms with van der Waals surface area (Å²) in [6.07, 6.45) is 5.85. The van der Waals surface area contributed by atoms with Gasteiger partial charge in [-0.05, 0) is 12.2 Å². The van der Waals surface area contributed by atoms with Gasteiger partial charge in [0.05, 0.1) is 0 Å². The van der Waals surface area contributed by atoms with Crippen molar-refractivity contribution in [3.63, 3.8) is 0 Å². The first kappa shape index (κ1) is 18.1. The Hall–Kier alpha value is -2.29. The minimum Gasteiger partial charge on any atom is -0.507 e. The lowest BCUT2D eigenvalue weighted by Crippen LogP contribution is -2.29. The van der Waals surface area contributed by atoms with Gasteiger partial charge >= 0.3 is 5.97 Å². The number of aromatic nitrogens is 3. The fraction of sp³-hybridized carbons (Fsp3) is 0.467. The smallest absolute Gasteiger partial charge is 0.322 e. The molecule has 0 aliphatic carbocycles. The Bertz CT molecular complexity index is 732. The summed E-state index contributed by atoms with van der Waals surface area (Å²) < 4.78 is 1.49. The van der Waals surface area contributed by atoms with Crippen LogP contribution >= 0.6 is 11.8 Å². The summed E-state index contributed by atoms with van der Waals surface area (Å²) in [5, 5.41) is 25.8. The van der Waals surface area contributed by atoms with E-state index >= 15 is 0 Å². The highest BCUT2D eigenvalue weighted by Gasteiger charge is 2.20. The third-order valence-electron chi connectivity index (χ3n) is 3.37.